The first kappa shape index (κ1) is 10.5. The van der Waals surface area contributed by atoms with Crippen molar-refractivity contribution < 1.29 is 0 Å². The van der Waals surface area contributed by atoms with Gasteiger partial charge >= 0.3 is 0 Å². The van der Waals surface area contributed by atoms with E-state index in [0.717, 1.165) is 22.8 Å². The number of anilines is 2. The Bertz CT molecular complexity index is 467. The first-order valence-corrected chi connectivity index (χ1v) is 5.23. The van der Waals surface area contributed by atoms with E-state index in [0.29, 0.717) is 6.54 Å². The smallest absolute Gasteiger partial charge is 0.127 e. The van der Waals surface area contributed by atoms with Crippen LogP contribution in [0, 0.1) is 6.92 Å². The highest BCUT2D eigenvalue weighted by molar-refractivity contribution is 5.69. The number of imidazole rings is 1. The lowest BCUT2D eigenvalue weighted by Crippen LogP contribution is -2.08. The van der Waals surface area contributed by atoms with Crippen molar-refractivity contribution >= 4 is 11.4 Å². The van der Waals surface area contributed by atoms with Gasteiger partial charge in [-0.3, -0.25) is 0 Å². The van der Waals surface area contributed by atoms with E-state index in [4.69, 9.17) is 5.73 Å². The Morgan fingerprint density at radius 1 is 1.44 bits per heavy atom. The molecule has 0 aliphatic rings. The summed E-state index contributed by atoms with van der Waals surface area (Å²) >= 11 is 0. The Labute approximate surface area is 95.1 Å². The summed E-state index contributed by atoms with van der Waals surface area (Å²) in [6.45, 7) is 2.72. The third-order valence-electron chi connectivity index (χ3n) is 2.65. The molecule has 0 bridgehead atoms. The maximum absolute atomic E-state index is 5.91. The molecule has 1 aromatic carbocycles. The van der Waals surface area contributed by atoms with Gasteiger partial charge in [-0.25, -0.2) is 4.98 Å². The number of nitrogens with two attached hydrogens (primary N) is 1. The number of benzene rings is 1. The highest BCUT2D eigenvalue weighted by atomic mass is 15.1. The Morgan fingerprint density at radius 2 is 2.25 bits per heavy atom. The number of rotatable bonds is 3. The van der Waals surface area contributed by atoms with Crippen LogP contribution in [0.25, 0.3) is 0 Å². The fourth-order valence-electron chi connectivity index (χ4n) is 1.67. The minimum absolute atomic E-state index is 0.679. The van der Waals surface area contributed by atoms with Gasteiger partial charge in [0.05, 0.1) is 17.9 Å². The number of nitrogens with one attached hydrogen (secondary N) is 1. The first-order valence-electron chi connectivity index (χ1n) is 5.23. The predicted octanol–water partition coefficient (Wildman–Crippen LogP) is 1.92. The summed E-state index contributed by atoms with van der Waals surface area (Å²) in [5, 5.41) is 3.32. The van der Waals surface area contributed by atoms with Crippen molar-refractivity contribution in [1.82, 2.24) is 9.55 Å². The topological polar surface area (TPSA) is 55.9 Å². The molecule has 0 radical (unpaired) electrons. The molecule has 2 aromatic rings. The molecule has 0 atom stereocenters. The predicted molar refractivity (Wildman–Crippen MR) is 66.1 cm³/mol. The van der Waals surface area contributed by atoms with Crippen LogP contribution in [0.2, 0.25) is 0 Å². The summed E-state index contributed by atoms with van der Waals surface area (Å²) in [5.74, 6) is 0.989. The monoisotopic (exact) mass is 216 g/mol. The zero-order valence-electron chi connectivity index (χ0n) is 9.57. The molecular weight excluding hydrogens is 200 g/mol. The van der Waals surface area contributed by atoms with Crippen LogP contribution in [0.1, 0.15) is 11.4 Å². The van der Waals surface area contributed by atoms with Gasteiger partial charge in [-0.05, 0) is 18.6 Å². The van der Waals surface area contributed by atoms with Crippen molar-refractivity contribution in [2.75, 3.05) is 11.1 Å². The average Bonchev–Trinajstić information content (AvgIpc) is 2.64. The van der Waals surface area contributed by atoms with Gasteiger partial charge in [0.15, 0.2) is 0 Å². The molecule has 0 fully saturated rings. The molecule has 0 amide bonds. The molecule has 1 aromatic heterocycles. The second-order valence-electron chi connectivity index (χ2n) is 3.85. The second kappa shape index (κ2) is 4.26. The van der Waals surface area contributed by atoms with E-state index in [1.807, 2.05) is 42.9 Å². The van der Waals surface area contributed by atoms with Crippen molar-refractivity contribution in [2.24, 2.45) is 7.05 Å². The van der Waals surface area contributed by atoms with Crippen LogP contribution in [0.15, 0.2) is 30.6 Å². The molecule has 0 saturated heterocycles. The average molecular weight is 216 g/mol. The summed E-state index contributed by atoms with van der Waals surface area (Å²) in [6.07, 6.45) is 3.72. The second-order valence-corrected chi connectivity index (χ2v) is 3.85. The molecule has 1 heterocycles. The van der Waals surface area contributed by atoms with Gasteiger partial charge in [0.25, 0.3) is 0 Å². The van der Waals surface area contributed by atoms with E-state index in [2.05, 4.69) is 10.3 Å². The van der Waals surface area contributed by atoms with Gasteiger partial charge in [0.2, 0.25) is 0 Å². The van der Waals surface area contributed by atoms with E-state index in [-0.39, 0.29) is 0 Å². The van der Waals surface area contributed by atoms with E-state index in [1.54, 1.807) is 6.20 Å². The first-order chi connectivity index (χ1) is 7.68. The maximum atomic E-state index is 5.91. The maximum Gasteiger partial charge on any atom is 0.127 e. The van der Waals surface area contributed by atoms with Gasteiger partial charge in [0.1, 0.15) is 5.82 Å². The van der Waals surface area contributed by atoms with E-state index in [1.165, 1.54) is 0 Å². The molecule has 16 heavy (non-hydrogen) atoms. The van der Waals surface area contributed by atoms with Gasteiger partial charge < -0.3 is 15.6 Å². The fourth-order valence-corrected chi connectivity index (χ4v) is 1.67. The summed E-state index contributed by atoms with van der Waals surface area (Å²) in [5.41, 5.74) is 8.82. The summed E-state index contributed by atoms with van der Waals surface area (Å²) in [7, 11) is 1.98. The molecule has 4 nitrogen and oxygen atoms in total. The van der Waals surface area contributed by atoms with E-state index in [9.17, 15) is 0 Å². The molecule has 0 aliphatic heterocycles. The van der Waals surface area contributed by atoms with Crippen molar-refractivity contribution in [3.8, 4) is 0 Å². The Kier molecular flexibility index (Phi) is 2.81. The number of aryl methyl sites for hydroxylation is 2. The normalized spacial score (nSPS) is 10.4. The minimum atomic E-state index is 0.679. The molecule has 4 heteroatoms. The zero-order valence-corrected chi connectivity index (χ0v) is 9.57. The van der Waals surface area contributed by atoms with Crippen molar-refractivity contribution in [3.05, 3.63) is 42.0 Å². The summed E-state index contributed by atoms with van der Waals surface area (Å²) in [4.78, 5) is 4.25. The van der Waals surface area contributed by atoms with Crippen molar-refractivity contribution in [1.29, 1.82) is 0 Å². The Morgan fingerprint density at radius 3 is 2.88 bits per heavy atom. The summed E-state index contributed by atoms with van der Waals surface area (Å²) < 4.78 is 1.99. The van der Waals surface area contributed by atoms with Gasteiger partial charge in [-0.1, -0.05) is 12.1 Å². The molecule has 2 rings (SSSR count). The lowest BCUT2D eigenvalue weighted by molar-refractivity contribution is 0.812. The van der Waals surface area contributed by atoms with Crippen LogP contribution in [0.4, 0.5) is 11.4 Å². The lowest BCUT2D eigenvalue weighted by atomic mass is 10.1. The Balaban J connectivity index is 2.14. The van der Waals surface area contributed by atoms with Crippen LogP contribution >= 0.6 is 0 Å². The highest BCUT2D eigenvalue weighted by Gasteiger charge is 2.03. The molecule has 0 spiro atoms. The number of nitrogen functional groups attached to an aromatic ring is 1. The number of para-hydroxylation sites is 1. The van der Waals surface area contributed by atoms with Crippen LogP contribution in [-0.4, -0.2) is 9.55 Å². The molecular formula is C12H16N4. The van der Waals surface area contributed by atoms with Crippen molar-refractivity contribution in [3.63, 3.8) is 0 Å². The third kappa shape index (κ3) is 2.00. The van der Waals surface area contributed by atoms with Gasteiger partial charge in [-0.15, -0.1) is 0 Å². The summed E-state index contributed by atoms with van der Waals surface area (Å²) in [6, 6.07) is 5.89. The van der Waals surface area contributed by atoms with E-state index < -0.39 is 0 Å². The molecule has 0 unspecified atom stereocenters. The largest absolute Gasteiger partial charge is 0.397 e. The highest BCUT2D eigenvalue weighted by Crippen LogP contribution is 2.22. The van der Waals surface area contributed by atoms with Crippen LogP contribution in [0.3, 0.4) is 0 Å². The van der Waals surface area contributed by atoms with Crippen LogP contribution < -0.4 is 11.1 Å². The number of nitrogens with zero attached hydrogens (tertiary/aromatic N) is 2. The quantitative estimate of drug-likeness (QED) is 0.771. The lowest BCUT2D eigenvalue weighted by Gasteiger charge is -2.11. The van der Waals surface area contributed by atoms with Crippen LogP contribution in [-0.2, 0) is 13.6 Å². The van der Waals surface area contributed by atoms with Gasteiger partial charge in [0, 0.05) is 19.4 Å². The fraction of sp³-hybridized carbons (Fsp3) is 0.250. The molecule has 0 aliphatic carbocycles. The number of aromatic nitrogens is 2. The zero-order chi connectivity index (χ0) is 11.5. The molecule has 84 valence electrons. The standard InChI is InChI=1S/C12H16N4/c1-9-4-3-5-10(13)12(9)15-8-11-14-6-7-16(11)2/h3-7,15H,8,13H2,1-2H3. The number of hydrogen-bond donors (Lipinski definition) is 2. The minimum Gasteiger partial charge on any atom is -0.397 e. The van der Waals surface area contributed by atoms with Crippen LogP contribution in [0.5, 0.6) is 0 Å². The third-order valence-corrected chi connectivity index (χ3v) is 2.65. The number of hydrogen-bond acceptors (Lipinski definition) is 3. The Hall–Kier alpha value is -1.97. The molecule has 3 N–H and O–H groups in total. The van der Waals surface area contributed by atoms with Gasteiger partial charge in [-0.2, -0.15) is 0 Å². The van der Waals surface area contributed by atoms with Crippen molar-refractivity contribution in [2.45, 2.75) is 13.5 Å². The molecule has 0 saturated carbocycles. The SMILES string of the molecule is Cc1cccc(N)c1NCc1nccn1C. The van der Waals surface area contributed by atoms with E-state index >= 15 is 0 Å².